The molecule has 1 N–H and O–H groups in total. The SMILES string of the molecule is Cc1ccc([C@H]2[C@H](c3ccccn3)NC(=S)N2c2ccc(C(C)C)cc2)n1-c1ccccc1. The van der Waals surface area contributed by atoms with E-state index in [-0.39, 0.29) is 12.1 Å². The summed E-state index contributed by atoms with van der Waals surface area (Å²) in [5, 5.41) is 4.29. The van der Waals surface area contributed by atoms with Crippen LogP contribution in [0, 0.1) is 6.92 Å². The third kappa shape index (κ3) is 3.93. The quantitative estimate of drug-likeness (QED) is 0.351. The summed E-state index contributed by atoms with van der Waals surface area (Å²) in [4.78, 5) is 6.93. The fraction of sp³-hybridized carbons (Fsp3) is 0.214. The Labute approximate surface area is 200 Å². The maximum Gasteiger partial charge on any atom is 0.174 e. The topological polar surface area (TPSA) is 33.1 Å². The van der Waals surface area contributed by atoms with Gasteiger partial charge in [-0.15, -0.1) is 0 Å². The number of aryl methyl sites for hydroxylation is 1. The van der Waals surface area contributed by atoms with Gasteiger partial charge < -0.3 is 14.8 Å². The summed E-state index contributed by atoms with van der Waals surface area (Å²) in [5.41, 5.74) is 6.88. The van der Waals surface area contributed by atoms with Crippen LogP contribution in [0.15, 0.2) is 91.1 Å². The van der Waals surface area contributed by atoms with E-state index in [0.29, 0.717) is 11.0 Å². The van der Waals surface area contributed by atoms with Gasteiger partial charge in [-0.05, 0) is 79.2 Å². The summed E-state index contributed by atoms with van der Waals surface area (Å²) in [6.45, 7) is 6.58. The highest BCUT2D eigenvalue weighted by atomic mass is 32.1. The Morgan fingerprint density at radius 2 is 1.58 bits per heavy atom. The molecule has 166 valence electrons. The van der Waals surface area contributed by atoms with Crippen LogP contribution in [0.3, 0.4) is 0 Å². The lowest BCUT2D eigenvalue weighted by Crippen LogP contribution is -2.30. The zero-order valence-corrected chi connectivity index (χ0v) is 20.0. The molecule has 4 nitrogen and oxygen atoms in total. The van der Waals surface area contributed by atoms with Crippen LogP contribution in [0.5, 0.6) is 0 Å². The minimum atomic E-state index is -0.0692. The Morgan fingerprint density at radius 1 is 0.848 bits per heavy atom. The van der Waals surface area contributed by atoms with Crippen molar-refractivity contribution in [1.29, 1.82) is 0 Å². The number of hydrogen-bond donors (Lipinski definition) is 1. The molecule has 1 aliphatic heterocycles. The van der Waals surface area contributed by atoms with Crippen LogP contribution >= 0.6 is 12.2 Å². The average Bonchev–Trinajstić information content (AvgIpc) is 3.39. The minimum Gasteiger partial charge on any atom is -0.351 e. The predicted molar refractivity (Wildman–Crippen MR) is 139 cm³/mol. The number of hydrogen-bond acceptors (Lipinski definition) is 2. The van der Waals surface area contributed by atoms with Crippen molar-refractivity contribution >= 4 is 23.0 Å². The molecule has 2 aromatic heterocycles. The maximum atomic E-state index is 5.91. The monoisotopic (exact) mass is 452 g/mol. The van der Waals surface area contributed by atoms with Gasteiger partial charge in [0.2, 0.25) is 0 Å². The molecule has 0 spiro atoms. The van der Waals surface area contributed by atoms with E-state index in [2.05, 4.69) is 107 Å². The van der Waals surface area contributed by atoms with Gasteiger partial charge in [0.15, 0.2) is 5.11 Å². The molecule has 0 bridgehead atoms. The van der Waals surface area contributed by atoms with Crippen LogP contribution in [-0.4, -0.2) is 14.7 Å². The molecule has 2 aromatic carbocycles. The summed E-state index contributed by atoms with van der Waals surface area (Å²) < 4.78 is 2.33. The zero-order valence-electron chi connectivity index (χ0n) is 19.1. The molecule has 3 heterocycles. The molecule has 1 saturated heterocycles. The Bertz CT molecular complexity index is 1250. The maximum absolute atomic E-state index is 5.91. The molecule has 2 atom stereocenters. The van der Waals surface area contributed by atoms with Crippen LogP contribution in [0.4, 0.5) is 5.69 Å². The van der Waals surface area contributed by atoms with Gasteiger partial charge in [-0.3, -0.25) is 4.98 Å². The zero-order chi connectivity index (χ0) is 22.9. The van der Waals surface area contributed by atoms with Crippen molar-refractivity contribution in [2.75, 3.05) is 4.90 Å². The van der Waals surface area contributed by atoms with E-state index in [0.717, 1.165) is 17.1 Å². The number of rotatable bonds is 5. The Balaban J connectivity index is 1.67. The fourth-order valence-corrected chi connectivity index (χ4v) is 5.02. The van der Waals surface area contributed by atoms with Crippen LogP contribution in [0.1, 0.15) is 54.5 Å². The molecule has 4 aromatic rings. The Morgan fingerprint density at radius 3 is 2.24 bits per heavy atom. The van der Waals surface area contributed by atoms with Crippen LogP contribution in [0.2, 0.25) is 0 Å². The van der Waals surface area contributed by atoms with Crippen LogP contribution < -0.4 is 10.2 Å². The van der Waals surface area contributed by atoms with Crippen LogP contribution in [0.25, 0.3) is 5.69 Å². The lowest BCUT2D eigenvalue weighted by Gasteiger charge is -2.29. The molecule has 0 aliphatic carbocycles. The fourth-order valence-electron chi connectivity index (χ4n) is 4.67. The van der Waals surface area contributed by atoms with E-state index in [1.807, 2.05) is 24.4 Å². The summed E-state index contributed by atoms with van der Waals surface area (Å²) in [7, 11) is 0. The largest absolute Gasteiger partial charge is 0.351 e. The second kappa shape index (κ2) is 8.83. The molecule has 1 fully saturated rings. The second-order valence-electron chi connectivity index (χ2n) is 8.81. The summed E-state index contributed by atoms with van der Waals surface area (Å²) in [5.74, 6) is 0.484. The van der Waals surface area contributed by atoms with Crippen molar-refractivity contribution in [3.05, 3.63) is 114 Å². The Hall–Kier alpha value is -3.44. The molecule has 0 unspecified atom stereocenters. The van der Waals surface area contributed by atoms with E-state index >= 15 is 0 Å². The van der Waals surface area contributed by atoms with Gasteiger partial charge >= 0.3 is 0 Å². The number of nitrogens with zero attached hydrogens (tertiary/aromatic N) is 3. The number of para-hydroxylation sites is 1. The lowest BCUT2D eigenvalue weighted by atomic mass is 9.99. The van der Waals surface area contributed by atoms with E-state index in [1.54, 1.807) is 0 Å². The first-order chi connectivity index (χ1) is 16.0. The van der Waals surface area contributed by atoms with Gasteiger partial charge in [0.25, 0.3) is 0 Å². The number of thiocarbonyl (C=S) groups is 1. The second-order valence-corrected chi connectivity index (χ2v) is 9.20. The van der Waals surface area contributed by atoms with Gasteiger partial charge in [0.1, 0.15) is 6.04 Å². The average molecular weight is 453 g/mol. The van der Waals surface area contributed by atoms with Gasteiger partial charge in [0.05, 0.1) is 11.7 Å². The van der Waals surface area contributed by atoms with Gasteiger partial charge in [0, 0.05) is 29.0 Å². The molecular weight excluding hydrogens is 424 g/mol. The van der Waals surface area contributed by atoms with E-state index in [4.69, 9.17) is 12.2 Å². The first-order valence-electron chi connectivity index (χ1n) is 11.4. The van der Waals surface area contributed by atoms with Crippen molar-refractivity contribution in [3.8, 4) is 5.69 Å². The smallest absolute Gasteiger partial charge is 0.174 e. The number of benzene rings is 2. The summed E-state index contributed by atoms with van der Waals surface area (Å²) >= 11 is 5.91. The molecular formula is C28H28N4S. The first kappa shape index (κ1) is 21.4. The third-order valence-corrected chi connectivity index (χ3v) is 6.67. The van der Waals surface area contributed by atoms with Crippen molar-refractivity contribution in [3.63, 3.8) is 0 Å². The van der Waals surface area contributed by atoms with E-state index < -0.39 is 0 Å². The molecule has 0 amide bonds. The highest BCUT2D eigenvalue weighted by Crippen LogP contribution is 2.42. The summed E-state index contributed by atoms with van der Waals surface area (Å²) in [6.07, 6.45) is 1.85. The molecule has 0 radical (unpaired) electrons. The number of aromatic nitrogens is 2. The first-order valence-corrected chi connectivity index (χ1v) is 11.8. The van der Waals surface area contributed by atoms with Crippen LogP contribution in [-0.2, 0) is 0 Å². The Kier molecular flexibility index (Phi) is 5.73. The molecule has 5 rings (SSSR count). The molecule has 33 heavy (non-hydrogen) atoms. The minimum absolute atomic E-state index is 0.0498. The highest BCUT2D eigenvalue weighted by molar-refractivity contribution is 7.80. The normalized spacial score (nSPS) is 18.1. The van der Waals surface area contributed by atoms with Gasteiger partial charge in [-0.25, -0.2) is 0 Å². The lowest BCUT2D eigenvalue weighted by molar-refractivity contribution is 0.548. The van der Waals surface area contributed by atoms with Crippen molar-refractivity contribution in [2.45, 2.75) is 38.8 Å². The molecule has 0 saturated carbocycles. The number of anilines is 1. The van der Waals surface area contributed by atoms with E-state index in [1.165, 1.54) is 17.0 Å². The highest BCUT2D eigenvalue weighted by Gasteiger charge is 2.42. The van der Waals surface area contributed by atoms with Crippen molar-refractivity contribution in [1.82, 2.24) is 14.9 Å². The summed E-state index contributed by atoms with van der Waals surface area (Å²) in [6, 6.07) is 29.6. The number of pyridine rings is 1. The standard InChI is InChI=1S/C28H28N4S/c1-19(2)21-13-15-23(16-14-21)32-27(26(30-28(32)33)24-11-7-8-18-29-24)25-17-12-20(3)31(25)22-9-5-4-6-10-22/h4-19,26-27H,1-3H3,(H,30,33)/t26-,27-/m0/s1. The third-order valence-electron chi connectivity index (χ3n) is 6.36. The number of nitrogens with one attached hydrogen (secondary N) is 1. The van der Waals surface area contributed by atoms with Crippen molar-refractivity contribution in [2.24, 2.45) is 0 Å². The molecule has 1 aliphatic rings. The van der Waals surface area contributed by atoms with Gasteiger partial charge in [-0.2, -0.15) is 0 Å². The molecule has 5 heteroatoms. The van der Waals surface area contributed by atoms with E-state index in [9.17, 15) is 0 Å². The predicted octanol–water partition coefficient (Wildman–Crippen LogP) is 6.48. The van der Waals surface area contributed by atoms with Crippen molar-refractivity contribution < 1.29 is 0 Å². The van der Waals surface area contributed by atoms with Gasteiger partial charge in [-0.1, -0.05) is 50.2 Å².